The molecule has 0 amide bonds. The zero-order valence-corrected chi connectivity index (χ0v) is 8.74. The van der Waals surface area contributed by atoms with E-state index in [2.05, 4.69) is 6.08 Å². The molecule has 2 aliphatic rings. The third-order valence-electron chi connectivity index (χ3n) is 3.56. The Bertz CT molecular complexity index is 245. The maximum Gasteiger partial charge on any atom is 0.330 e. The maximum atomic E-state index is 11.1. The Morgan fingerprint density at radius 1 is 1.43 bits per heavy atom. The van der Waals surface area contributed by atoms with E-state index < -0.39 is 0 Å². The van der Waals surface area contributed by atoms with Crippen LogP contribution in [-0.4, -0.2) is 12.6 Å². The van der Waals surface area contributed by atoms with Crippen molar-refractivity contribution >= 4 is 5.97 Å². The van der Waals surface area contributed by atoms with Gasteiger partial charge in [-0.1, -0.05) is 12.5 Å². The number of fused-ring (bicyclic) bond motifs is 2. The fourth-order valence-electron chi connectivity index (χ4n) is 2.92. The average molecular weight is 194 g/mol. The van der Waals surface area contributed by atoms with E-state index in [1.165, 1.54) is 25.7 Å². The number of ether oxygens (including phenoxy) is 1. The Morgan fingerprint density at radius 3 is 2.86 bits per heavy atom. The van der Waals surface area contributed by atoms with Crippen molar-refractivity contribution in [3.63, 3.8) is 0 Å². The highest BCUT2D eigenvalue weighted by Gasteiger charge is 2.37. The van der Waals surface area contributed by atoms with Gasteiger partial charge < -0.3 is 4.74 Å². The fraction of sp³-hybridized carbons (Fsp3) is 0.750. The summed E-state index contributed by atoms with van der Waals surface area (Å²) in [5, 5.41) is 0. The molecule has 0 aromatic heterocycles. The Hall–Kier alpha value is -0.790. The van der Waals surface area contributed by atoms with Gasteiger partial charge in [0.25, 0.3) is 0 Å². The van der Waals surface area contributed by atoms with Crippen molar-refractivity contribution in [3.05, 3.63) is 12.2 Å². The lowest BCUT2D eigenvalue weighted by molar-refractivity contribution is -0.137. The second-order valence-electron chi connectivity index (χ2n) is 4.45. The molecule has 0 heterocycles. The predicted molar refractivity (Wildman–Crippen MR) is 54.7 cm³/mol. The van der Waals surface area contributed by atoms with Crippen LogP contribution >= 0.6 is 0 Å². The molecule has 3 atom stereocenters. The molecule has 2 fully saturated rings. The molecule has 2 nitrogen and oxygen atoms in total. The minimum Gasteiger partial charge on any atom is -0.463 e. The second-order valence-corrected chi connectivity index (χ2v) is 4.45. The molecule has 2 saturated carbocycles. The molecule has 0 spiro atoms. The van der Waals surface area contributed by atoms with Gasteiger partial charge >= 0.3 is 5.97 Å². The lowest BCUT2D eigenvalue weighted by atomic mass is 9.89. The Balaban J connectivity index is 1.83. The molecule has 0 aliphatic heterocycles. The summed E-state index contributed by atoms with van der Waals surface area (Å²) in [6, 6.07) is 0. The molecule has 0 aromatic carbocycles. The molecule has 0 radical (unpaired) electrons. The Kier molecular flexibility index (Phi) is 2.90. The van der Waals surface area contributed by atoms with Gasteiger partial charge in [-0.15, -0.1) is 0 Å². The van der Waals surface area contributed by atoms with Gasteiger partial charge in [0.15, 0.2) is 0 Å². The molecule has 14 heavy (non-hydrogen) atoms. The smallest absolute Gasteiger partial charge is 0.330 e. The monoisotopic (exact) mass is 194 g/mol. The van der Waals surface area contributed by atoms with E-state index in [1.807, 2.05) is 6.92 Å². The number of esters is 1. The minimum atomic E-state index is -0.185. The quantitative estimate of drug-likeness (QED) is 0.510. The first kappa shape index (κ1) is 9.75. The zero-order valence-electron chi connectivity index (χ0n) is 8.74. The normalized spacial score (nSPS) is 35.4. The maximum absolute atomic E-state index is 11.1. The molecule has 2 bridgehead atoms. The van der Waals surface area contributed by atoms with E-state index in [4.69, 9.17) is 4.74 Å². The second kappa shape index (κ2) is 4.16. The van der Waals surface area contributed by atoms with Gasteiger partial charge in [-0.05, 0) is 43.9 Å². The van der Waals surface area contributed by atoms with Crippen molar-refractivity contribution in [1.29, 1.82) is 0 Å². The van der Waals surface area contributed by atoms with Crippen LogP contribution in [0.5, 0.6) is 0 Å². The van der Waals surface area contributed by atoms with Crippen LogP contribution in [0.3, 0.4) is 0 Å². The van der Waals surface area contributed by atoms with Crippen molar-refractivity contribution in [2.75, 3.05) is 6.61 Å². The third kappa shape index (κ3) is 1.99. The fourth-order valence-corrected chi connectivity index (χ4v) is 2.92. The summed E-state index contributed by atoms with van der Waals surface area (Å²) in [7, 11) is 0. The summed E-state index contributed by atoms with van der Waals surface area (Å²) < 4.78 is 4.86. The number of hydrogen-bond acceptors (Lipinski definition) is 2. The van der Waals surface area contributed by atoms with E-state index >= 15 is 0 Å². The number of allylic oxidation sites excluding steroid dienone is 1. The van der Waals surface area contributed by atoms with Crippen LogP contribution in [0, 0.1) is 17.8 Å². The van der Waals surface area contributed by atoms with Gasteiger partial charge in [-0.3, -0.25) is 0 Å². The minimum absolute atomic E-state index is 0.185. The largest absolute Gasteiger partial charge is 0.463 e. The number of carbonyl (C=O) groups excluding carboxylic acids is 1. The van der Waals surface area contributed by atoms with Crippen LogP contribution < -0.4 is 0 Å². The molecule has 0 saturated heterocycles. The van der Waals surface area contributed by atoms with Gasteiger partial charge in [0.05, 0.1) is 6.61 Å². The van der Waals surface area contributed by atoms with Crippen molar-refractivity contribution in [2.24, 2.45) is 17.8 Å². The van der Waals surface area contributed by atoms with Gasteiger partial charge in [0.1, 0.15) is 0 Å². The van der Waals surface area contributed by atoms with E-state index in [0.29, 0.717) is 12.5 Å². The number of hydrogen-bond donors (Lipinski definition) is 0. The van der Waals surface area contributed by atoms with Crippen molar-refractivity contribution in [1.82, 2.24) is 0 Å². The predicted octanol–water partition coefficient (Wildman–Crippen LogP) is 2.54. The topological polar surface area (TPSA) is 26.3 Å². The van der Waals surface area contributed by atoms with Gasteiger partial charge in [0, 0.05) is 6.08 Å². The van der Waals surface area contributed by atoms with E-state index in [9.17, 15) is 4.79 Å². The summed E-state index contributed by atoms with van der Waals surface area (Å²) >= 11 is 0. The molecule has 2 heteroatoms. The van der Waals surface area contributed by atoms with Crippen LogP contribution in [0.15, 0.2) is 12.2 Å². The SMILES string of the molecule is CCOC(=O)/C=C/[C@@H]1C[C@@H]2CC[C@@H]1C2. The molecule has 0 aromatic rings. The summed E-state index contributed by atoms with van der Waals surface area (Å²) in [6.45, 7) is 2.31. The third-order valence-corrected chi connectivity index (χ3v) is 3.56. The molecule has 2 rings (SSSR count). The Labute approximate surface area is 85.3 Å². The molecule has 0 unspecified atom stereocenters. The molecule has 2 aliphatic carbocycles. The van der Waals surface area contributed by atoms with E-state index in [1.54, 1.807) is 6.08 Å². The molecular formula is C12H18O2. The van der Waals surface area contributed by atoms with E-state index in [0.717, 1.165) is 11.8 Å². The zero-order chi connectivity index (χ0) is 9.97. The first-order valence-corrected chi connectivity index (χ1v) is 5.64. The van der Waals surface area contributed by atoms with Crippen LogP contribution in [0.1, 0.15) is 32.6 Å². The average Bonchev–Trinajstić information content (AvgIpc) is 2.76. The number of rotatable bonds is 3. The van der Waals surface area contributed by atoms with Gasteiger partial charge in [-0.25, -0.2) is 4.79 Å². The van der Waals surface area contributed by atoms with Gasteiger partial charge in [-0.2, -0.15) is 0 Å². The van der Waals surface area contributed by atoms with Crippen molar-refractivity contribution in [2.45, 2.75) is 32.6 Å². The Morgan fingerprint density at radius 2 is 2.29 bits per heavy atom. The summed E-state index contributed by atoms with van der Waals surface area (Å²) in [4.78, 5) is 11.1. The van der Waals surface area contributed by atoms with Crippen molar-refractivity contribution < 1.29 is 9.53 Å². The van der Waals surface area contributed by atoms with Crippen LogP contribution in [0.4, 0.5) is 0 Å². The molecule has 0 N–H and O–H groups in total. The van der Waals surface area contributed by atoms with Gasteiger partial charge in [0.2, 0.25) is 0 Å². The van der Waals surface area contributed by atoms with Crippen LogP contribution in [0.2, 0.25) is 0 Å². The number of carbonyl (C=O) groups is 1. The first-order chi connectivity index (χ1) is 6.79. The standard InChI is InChI=1S/C12H18O2/c1-2-14-12(13)6-5-11-8-9-3-4-10(11)7-9/h5-6,9-11H,2-4,7-8H2,1H3/b6-5+/t9-,10-,11-/m1/s1. The van der Waals surface area contributed by atoms with Crippen LogP contribution in [0.25, 0.3) is 0 Å². The lowest BCUT2D eigenvalue weighted by Gasteiger charge is -2.17. The molecular weight excluding hydrogens is 176 g/mol. The highest BCUT2D eigenvalue weighted by atomic mass is 16.5. The summed E-state index contributed by atoms with van der Waals surface area (Å²) in [5.41, 5.74) is 0. The van der Waals surface area contributed by atoms with Crippen LogP contribution in [-0.2, 0) is 9.53 Å². The lowest BCUT2D eigenvalue weighted by Crippen LogP contribution is -2.08. The van der Waals surface area contributed by atoms with Crippen molar-refractivity contribution in [3.8, 4) is 0 Å². The highest BCUT2D eigenvalue weighted by molar-refractivity contribution is 5.81. The summed E-state index contributed by atoms with van der Waals surface area (Å²) in [5.74, 6) is 2.26. The molecule has 78 valence electrons. The summed E-state index contributed by atoms with van der Waals surface area (Å²) in [6.07, 6.45) is 9.14. The highest BCUT2D eigenvalue weighted by Crippen LogP contribution is 2.48. The first-order valence-electron chi connectivity index (χ1n) is 5.64. The van der Waals surface area contributed by atoms with E-state index in [-0.39, 0.29) is 5.97 Å².